The number of fused-ring (bicyclic) bond motifs is 1. The molecule has 0 saturated heterocycles. The van der Waals surface area contributed by atoms with Gasteiger partial charge < -0.3 is 10.5 Å². The number of hydrogen-bond donors (Lipinski definition) is 1. The molecule has 2 N–H and O–H groups in total. The zero-order valence-electron chi connectivity index (χ0n) is 11.0. The zero-order valence-corrected chi connectivity index (χ0v) is 11.0. The number of benzene rings is 1. The molecule has 0 unspecified atom stereocenters. The summed E-state index contributed by atoms with van der Waals surface area (Å²) in [5.74, 6) is 1.03. The molecule has 2 nitrogen and oxygen atoms in total. The molecule has 1 fully saturated rings. The van der Waals surface area contributed by atoms with Crippen molar-refractivity contribution >= 4 is 0 Å². The molecular formula is C16H23NO. The van der Waals surface area contributed by atoms with Crippen molar-refractivity contribution in [1.82, 2.24) is 0 Å². The quantitative estimate of drug-likeness (QED) is 0.861. The van der Waals surface area contributed by atoms with Gasteiger partial charge in [0.2, 0.25) is 0 Å². The van der Waals surface area contributed by atoms with Crippen LogP contribution in [0.1, 0.15) is 62.1 Å². The minimum atomic E-state index is 0.212. The van der Waals surface area contributed by atoms with Crippen LogP contribution in [0.5, 0.6) is 5.75 Å². The van der Waals surface area contributed by atoms with Gasteiger partial charge in [-0.2, -0.15) is 0 Å². The fraction of sp³-hybridized carbons (Fsp3) is 0.625. The average molecular weight is 245 g/mol. The molecule has 0 bridgehead atoms. The van der Waals surface area contributed by atoms with E-state index < -0.39 is 0 Å². The van der Waals surface area contributed by atoms with Gasteiger partial charge in [-0.05, 0) is 68.2 Å². The van der Waals surface area contributed by atoms with Crippen molar-refractivity contribution in [2.45, 2.75) is 63.5 Å². The molecular weight excluding hydrogens is 222 g/mol. The SMILES string of the molecule is N[C@@H]1CCCc2ccc(OC3CCCCC3)cc21. The fourth-order valence-corrected chi connectivity index (χ4v) is 3.26. The first-order valence-corrected chi connectivity index (χ1v) is 7.38. The van der Waals surface area contributed by atoms with Crippen LogP contribution in [0.2, 0.25) is 0 Å². The first kappa shape index (κ1) is 12.0. The summed E-state index contributed by atoms with van der Waals surface area (Å²) in [5.41, 5.74) is 8.93. The summed E-state index contributed by atoms with van der Waals surface area (Å²) in [6, 6.07) is 6.75. The number of ether oxygens (including phenoxy) is 1. The third kappa shape index (κ3) is 2.54. The molecule has 98 valence electrons. The Morgan fingerprint density at radius 1 is 1.00 bits per heavy atom. The summed E-state index contributed by atoms with van der Waals surface area (Å²) in [7, 11) is 0. The maximum absolute atomic E-state index is 6.19. The van der Waals surface area contributed by atoms with Gasteiger partial charge in [0.25, 0.3) is 0 Å². The lowest BCUT2D eigenvalue weighted by atomic mass is 9.88. The van der Waals surface area contributed by atoms with Crippen LogP contribution in [0.4, 0.5) is 0 Å². The van der Waals surface area contributed by atoms with Gasteiger partial charge in [0.15, 0.2) is 0 Å². The van der Waals surface area contributed by atoms with Gasteiger partial charge in [0, 0.05) is 6.04 Å². The van der Waals surface area contributed by atoms with Gasteiger partial charge in [-0.15, -0.1) is 0 Å². The molecule has 0 heterocycles. The van der Waals surface area contributed by atoms with Crippen LogP contribution in [0.3, 0.4) is 0 Å². The van der Waals surface area contributed by atoms with E-state index in [1.165, 1.54) is 56.1 Å². The van der Waals surface area contributed by atoms with Crippen LogP contribution in [0, 0.1) is 0 Å². The summed E-state index contributed by atoms with van der Waals surface area (Å²) in [4.78, 5) is 0. The Kier molecular flexibility index (Phi) is 3.55. The van der Waals surface area contributed by atoms with Gasteiger partial charge >= 0.3 is 0 Å². The molecule has 1 aromatic rings. The Labute approximate surface area is 110 Å². The van der Waals surface area contributed by atoms with Gasteiger partial charge in [-0.25, -0.2) is 0 Å². The van der Waals surface area contributed by atoms with Crippen molar-refractivity contribution in [2.24, 2.45) is 5.73 Å². The second-order valence-corrected chi connectivity index (χ2v) is 5.74. The van der Waals surface area contributed by atoms with Crippen LogP contribution >= 0.6 is 0 Å². The fourth-order valence-electron chi connectivity index (χ4n) is 3.26. The lowest BCUT2D eigenvalue weighted by molar-refractivity contribution is 0.154. The van der Waals surface area contributed by atoms with Crippen molar-refractivity contribution in [3.8, 4) is 5.75 Å². The van der Waals surface area contributed by atoms with Crippen LogP contribution in [-0.2, 0) is 6.42 Å². The Morgan fingerprint density at radius 3 is 2.67 bits per heavy atom. The molecule has 2 aliphatic carbocycles. The standard InChI is InChI=1S/C16H23NO/c17-16-8-4-5-12-9-10-14(11-15(12)16)18-13-6-2-1-3-7-13/h9-11,13,16H,1-8,17H2/t16-/m1/s1. The predicted octanol–water partition coefficient (Wildman–Crippen LogP) is 3.73. The van der Waals surface area contributed by atoms with E-state index >= 15 is 0 Å². The highest BCUT2D eigenvalue weighted by atomic mass is 16.5. The second-order valence-electron chi connectivity index (χ2n) is 5.74. The van der Waals surface area contributed by atoms with E-state index in [0.717, 1.165) is 12.2 Å². The van der Waals surface area contributed by atoms with E-state index in [1.807, 2.05) is 0 Å². The molecule has 1 atom stereocenters. The molecule has 2 aliphatic rings. The Bertz CT molecular complexity index is 410. The lowest BCUT2D eigenvalue weighted by Gasteiger charge is -2.26. The minimum absolute atomic E-state index is 0.212. The van der Waals surface area contributed by atoms with Gasteiger partial charge in [-0.1, -0.05) is 12.5 Å². The zero-order chi connectivity index (χ0) is 12.4. The highest BCUT2D eigenvalue weighted by molar-refractivity contribution is 5.39. The molecule has 0 radical (unpaired) electrons. The third-order valence-corrected chi connectivity index (χ3v) is 4.33. The molecule has 3 rings (SSSR count). The molecule has 2 heteroatoms. The van der Waals surface area contributed by atoms with Crippen molar-refractivity contribution in [3.63, 3.8) is 0 Å². The van der Waals surface area contributed by atoms with E-state index in [0.29, 0.717) is 6.10 Å². The molecule has 0 amide bonds. The first-order chi connectivity index (χ1) is 8.83. The van der Waals surface area contributed by atoms with Gasteiger partial charge in [0.1, 0.15) is 5.75 Å². The van der Waals surface area contributed by atoms with E-state index in [4.69, 9.17) is 10.5 Å². The lowest BCUT2D eigenvalue weighted by Crippen LogP contribution is -2.21. The van der Waals surface area contributed by atoms with E-state index in [2.05, 4.69) is 18.2 Å². The largest absolute Gasteiger partial charge is 0.490 e. The molecule has 0 spiro atoms. The highest BCUT2D eigenvalue weighted by Gasteiger charge is 2.19. The third-order valence-electron chi connectivity index (χ3n) is 4.33. The van der Waals surface area contributed by atoms with Crippen molar-refractivity contribution in [2.75, 3.05) is 0 Å². The van der Waals surface area contributed by atoms with E-state index in [9.17, 15) is 0 Å². The van der Waals surface area contributed by atoms with E-state index in [1.54, 1.807) is 0 Å². The monoisotopic (exact) mass is 245 g/mol. The molecule has 0 aliphatic heterocycles. The first-order valence-electron chi connectivity index (χ1n) is 7.38. The molecule has 18 heavy (non-hydrogen) atoms. The number of rotatable bonds is 2. The smallest absolute Gasteiger partial charge is 0.120 e. The van der Waals surface area contributed by atoms with Crippen molar-refractivity contribution in [3.05, 3.63) is 29.3 Å². The van der Waals surface area contributed by atoms with Crippen molar-refractivity contribution in [1.29, 1.82) is 0 Å². The predicted molar refractivity (Wildman–Crippen MR) is 73.8 cm³/mol. The summed E-state index contributed by atoms with van der Waals surface area (Å²) in [6.45, 7) is 0. The minimum Gasteiger partial charge on any atom is -0.490 e. The number of aryl methyl sites for hydroxylation is 1. The molecule has 0 aromatic heterocycles. The average Bonchev–Trinajstić information content (AvgIpc) is 2.41. The Balaban J connectivity index is 1.74. The van der Waals surface area contributed by atoms with Crippen molar-refractivity contribution < 1.29 is 4.74 Å². The second kappa shape index (κ2) is 5.31. The number of nitrogens with two attached hydrogens (primary N) is 1. The van der Waals surface area contributed by atoms with Crippen LogP contribution in [-0.4, -0.2) is 6.10 Å². The van der Waals surface area contributed by atoms with Crippen LogP contribution in [0.15, 0.2) is 18.2 Å². The summed E-state index contributed by atoms with van der Waals surface area (Å²) >= 11 is 0. The summed E-state index contributed by atoms with van der Waals surface area (Å²) in [5, 5.41) is 0. The molecule has 1 saturated carbocycles. The Morgan fingerprint density at radius 2 is 1.83 bits per heavy atom. The van der Waals surface area contributed by atoms with Gasteiger partial charge in [-0.3, -0.25) is 0 Å². The Hall–Kier alpha value is -1.02. The highest BCUT2D eigenvalue weighted by Crippen LogP contribution is 2.32. The van der Waals surface area contributed by atoms with Gasteiger partial charge in [0.05, 0.1) is 6.10 Å². The number of hydrogen-bond acceptors (Lipinski definition) is 2. The summed E-state index contributed by atoms with van der Waals surface area (Å²) in [6.07, 6.45) is 10.4. The normalized spacial score (nSPS) is 24.6. The maximum Gasteiger partial charge on any atom is 0.120 e. The maximum atomic E-state index is 6.19. The van der Waals surface area contributed by atoms with E-state index in [-0.39, 0.29) is 6.04 Å². The summed E-state index contributed by atoms with van der Waals surface area (Å²) < 4.78 is 6.11. The topological polar surface area (TPSA) is 35.2 Å². The van der Waals surface area contributed by atoms with Crippen LogP contribution < -0.4 is 10.5 Å². The van der Waals surface area contributed by atoms with Crippen LogP contribution in [0.25, 0.3) is 0 Å². The molecule has 1 aromatic carbocycles.